The van der Waals surface area contributed by atoms with E-state index in [0.717, 1.165) is 32.7 Å². The van der Waals surface area contributed by atoms with Gasteiger partial charge in [-0.15, -0.1) is 0 Å². The second kappa shape index (κ2) is 7.97. The molecule has 2 N–H and O–H groups in total. The van der Waals surface area contributed by atoms with Crippen molar-refractivity contribution in [3.8, 4) is 11.4 Å². The second-order valence-electron chi connectivity index (χ2n) is 6.14. The number of amides is 1. The number of nitrogens with zero attached hydrogens (tertiary/aromatic N) is 2. The molecule has 5 nitrogen and oxygen atoms in total. The number of aromatic amines is 1. The first-order chi connectivity index (χ1) is 12.4. The van der Waals surface area contributed by atoms with Crippen molar-refractivity contribution in [2.24, 2.45) is 0 Å². The number of rotatable bonds is 5. The van der Waals surface area contributed by atoms with Crippen LogP contribution >= 0.6 is 28.1 Å². The number of nitrogens with one attached hydrogen (secondary N) is 2. The van der Waals surface area contributed by atoms with E-state index in [0.29, 0.717) is 17.7 Å². The van der Waals surface area contributed by atoms with E-state index in [1.54, 1.807) is 0 Å². The van der Waals surface area contributed by atoms with E-state index in [1.165, 1.54) is 0 Å². The number of hydrogen-bond acceptors (Lipinski definition) is 3. The minimum Gasteiger partial charge on any atom is -0.326 e. The zero-order valence-corrected chi connectivity index (χ0v) is 16.9. The van der Waals surface area contributed by atoms with Gasteiger partial charge in [-0.25, -0.2) is 0 Å². The number of H-pyrrole nitrogens is 1. The molecule has 0 bridgehead atoms. The van der Waals surface area contributed by atoms with Crippen LogP contribution in [0, 0.1) is 18.6 Å². The molecule has 26 heavy (non-hydrogen) atoms. The van der Waals surface area contributed by atoms with Gasteiger partial charge in [0, 0.05) is 28.7 Å². The Morgan fingerprint density at radius 3 is 2.81 bits per heavy atom. The number of aromatic nitrogens is 3. The number of aryl methyl sites for hydroxylation is 2. The number of hydrogen-bond donors (Lipinski definition) is 2. The Labute approximate surface area is 165 Å². The van der Waals surface area contributed by atoms with E-state index >= 15 is 0 Å². The first-order valence-corrected chi connectivity index (χ1v) is 9.42. The van der Waals surface area contributed by atoms with Crippen LogP contribution in [0.1, 0.15) is 17.5 Å². The summed E-state index contributed by atoms with van der Waals surface area (Å²) in [6.07, 6.45) is 0.307. The smallest absolute Gasteiger partial charge is 0.226 e. The van der Waals surface area contributed by atoms with Gasteiger partial charge < -0.3 is 5.32 Å². The molecule has 1 aromatic heterocycles. The van der Waals surface area contributed by atoms with Crippen LogP contribution in [-0.2, 0) is 11.3 Å². The summed E-state index contributed by atoms with van der Waals surface area (Å²) in [7, 11) is 0. The summed E-state index contributed by atoms with van der Waals surface area (Å²) in [6, 6.07) is 13.8. The average Bonchev–Trinajstić information content (AvgIpc) is 2.97. The standard InChI is InChI=1S/C19H19BrN4OS/c1-12-4-3-5-14(10-12)18-22-23-19(26)24(18)9-8-17(25)21-15-6-7-16(20)13(2)11-15/h3-7,10-11H,8-9H2,1-2H3,(H,21,25)(H,23,26). The first kappa shape index (κ1) is 18.5. The Balaban J connectivity index is 1.72. The lowest BCUT2D eigenvalue weighted by molar-refractivity contribution is -0.116. The van der Waals surface area contributed by atoms with Crippen molar-refractivity contribution in [1.82, 2.24) is 14.8 Å². The van der Waals surface area contributed by atoms with E-state index < -0.39 is 0 Å². The van der Waals surface area contributed by atoms with Crippen LogP contribution < -0.4 is 5.32 Å². The Hall–Kier alpha value is -2.25. The summed E-state index contributed by atoms with van der Waals surface area (Å²) in [5, 5.41) is 10.1. The third-order valence-electron chi connectivity index (χ3n) is 4.04. The fraction of sp³-hybridized carbons (Fsp3) is 0.211. The molecule has 0 saturated heterocycles. The lowest BCUT2D eigenvalue weighted by Crippen LogP contribution is -2.15. The van der Waals surface area contributed by atoms with Gasteiger partial charge in [0.25, 0.3) is 0 Å². The van der Waals surface area contributed by atoms with Crippen molar-refractivity contribution in [2.45, 2.75) is 26.8 Å². The van der Waals surface area contributed by atoms with Crippen LogP contribution in [0.25, 0.3) is 11.4 Å². The number of anilines is 1. The molecule has 7 heteroatoms. The van der Waals surface area contributed by atoms with Gasteiger partial charge in [-0.3, -0.25) is 14.5 Å². The maximum absolute atomic E-state index is 12.3. The van der Waals surface area contributed by atoms with Crippen LogP contribution in [0.15, 0.2) is 46.9 Å². The predicted molar refractivity (Wildman–Crippen MR) is 110 cm³/mol. The third-order valence-corrected chi connectivity index (χ3v) is 5.24. The number of carbonyl (C=O) groups excluding carboxylic acids is 1. The number of benzene rings is 2. The van der Waals surface area contributed by atoms with Gasteiger partial charge in [-0.05, 0) is 55.9 Å². The van der Waals surface area contributed by atoms with Crippen molar-refractivity contribution in [3.05, 3.63) is 62.8 Å². The van der Waals surface area contributed by atoms with Gasteiger partial charge in [0.1, 0.15) is 0 Å². The predicted octanol–water partition coefficient (Wildman–Crippen LogP) is 5.02. The molecule has 0 aliphatic heterocycles. The summed E-state index contributed by atoms with van der Waals surface area (Å²) in [5.41, 5.74) is 3.97. The van der Waals surface area contributed by atoms with E-state index in [1.807, 2.05) is 60.9 Å². The highest BCUT2D eigenvalue weighted by Crippen LogP contribution is 2.21. The number of halogens is 1. The largest absolute Gasteiger partial charge is 0.326 e. The van der Waals surface area contributed by atoms with E-state index in [9.17, 15) is 4.79 Å². The first-order valence-electron chi connectivity index (χ1n) is 8.22. The van der Waals surface area contributed by atoms with Gasteiger partial charge >= 0.3 is 0 Å². The topological polar surface area (TPSA) is 62.7 Å². The lowest BCUT2D eigenvalue weighted by atomic mass is 10.1. The summed E-state index contributed by atoms with van der Waals surface area (Å²) in [4.78, 5) is 12.3. The Bertz CT molecular complexity index is 1010. The van der Waals surface area contributed by atoms with Crippen molar-refractivity contribution in [1.29, 1.82) is 0 Å². The Morgan fingerprint density at radius 2 is 2.08 bits per heavy atom. The molecule has 134 valence electrons. The summed E-state index contributed by atoms with van der Waals surface area (Å²) in [5.74, 6) is 0.677. The van der Waals surface area contributed by atoms with Crippen LogP contribution in [0.5, 0.6) is 0 Å². The van der Waals surface area contributed by atoms with Crippen LogP contribution in [-0.4, -0.2) is 20.7 Å². The maximum atomic E-state index is 12.3. The third kappa shape index (κ3) is 4.28. The highest BCUT2D eigenvalue weighted by atomic mass is 79.9. The minimum absolute atomic E-state index is 0.0648. The summed E-state index contributed by atoms with van der Waals surface area (Å²) >= 11 is 8.78. The van der Waals surface area contributed by atoms with Gasteiger partial charge in [0.05, 0.1) is 0 Å². The lowest BCUT2D eigenvalue weighted by Gasteiger charge is -2.09. The van der Waals surface area contributed by atoms with Gasteiger partial charge in [-0.1, -0.05) is 39.7 Å². The van der Waals surface area contributed by atoms with Crippen LogP contribution in [0.2, 0.25) is 0 Å². The number of carbonyl (C=O) groups is 1. The SMILES string of the molecule is Cc1cccc(-c2n[nH]c(=S)n2CCC(=O)Nc2ccc(Br)c(C)c2)c1. The quantitative estimate of drug-likeness (QED) is 0.558. The zero-order chi connectivity index (χ0) is 18.7. The van der Waals surface area contributed by atoms with Gasteiger partial charge in [-0.2, -0.15) is 5.10 Å². The Kier molecular flexibility index (Phi) is 5.68. The van der Waals surface area contributed by atoms with Gasteiger partial charge in [0.15, 0.2) is 10.6 Å². The molecule has 0 saturated carbocycles. The molecule has 0 radical (unpaired) electrons. The van der Waals surface area contributed by atoms with E-state index in [2.05, 4.69) is 31.4 Å². The van der Waals surface area contributed by atoms with Crippen molar-refractivity contribution >= 4 is 39.7 Å². The molecule has 0 fully saturated rings. The molecule has 0 spiro atoms. The molecular formula is C19H19BrN4OS. The zero-order valence-electron chi connectivity index (χ0n) is 14.5. The molecule has 2 aromatic carbocycles. The van der Waals surface area contributed by atoms with Crippen molar-refractivity contribution in [3.63, 3.8) is 0 Å². The fourth-order valence-corrected chi connectivity index (χ4v) is 3.16. The Morgan fingerprint density at radius 1 is 1.27 bits per heavy atom. The maximum Gasteiger partial charge on any atom is 0.226 e. The molecule has 3 rings (SSSR count). The summed E-state index contributed by atoms with van der Waals surface area (Å²) < 4.78 is 3.38. The highest BCUT2D eigenvalue weighted by Gasteiger charge is 2.11. The minimum atomic E-state index is -0.0648. The van der Waals surface area contributed by atoms with Gasteiger partial charge in [0.2, 0.25) is 5.91 Å². The molecule has 3 aromatic rings. The monoisotopic (exact) mass is 430 g/mol. The molecule has 1 heterocycles. The van der Waals surface area contributed by atoms with Crippen LogP contribution in [0.4, 0.5) is 5.69 Å². The van der Waals surface area contributed by atoms with E-state index in [-0.39, 0.29) is 5.91 Å². The fourth-order valence-electron chi connectivity index (χ4n) is 2.69. The summed E-state index contributed by atoms with van der Waals surface area (Å²) in [6.45, 7) is 4.47. The van der Waals surface area contributed by atoms with E-state index in [4.69, 9.17) is 12.2 Å². The molecule has 0 aliphatic rings. The highest BCUT2D eigenvalue weighted by molar-refractivity contribution is 9.10. The average molecular weight is 431 g/mol. The normalized spacial score (nSPS) is 10.7. The van der Waals surface area contributed by atoms with Crippen molar-refractivity contribution < 1.29 is 4.79 Å². The molecular weight excluding hydrogens is 412 g/mol. The molecule has 1 amide bonds. The second-order valence-corrected chi connectivity index (χ2v) is 7.38. The molecule has 0 unspecified atom stereocenters. The molecule has 0 atom stereocenters. The van der Waals surface area contributed by atoms with Crippen molar-refractivity contribution in [2.75, 3.05) is 5.32 Å². The molecule has 0 aliphatic carbocycles. The van der Waals surface area contributed by atoms with Crippen LogP contribution in [0.3, 0.4) is 0 Å².